The van der Waals surface area contributed by atoms with Crippen molar-refractivity contribution in [1.29, 1.82) is 0 Å². The smallest absolute Gasteiger partial charge is 0.175 e. The molecular weight excluding hydrogens is 339 g/mol. The standard InChI is InChI=1S/C12H10Cl2N2O2S2/c1-20(17,18)8-4-2-7(3-5-8)19-12-10(14)6-9(13)11(15)16-12/h2-6H,1H3,(H2,15,16). The largest absolute Gasteiger partial charge is 0.382 e. The number of pyridine rings is 1. The highest BCUT2D eigenvalue weighted by Crippen LogP contribution is 2.35. The second-order valence-corrected chi connectivity index (χ2v) is 7.88. The van der Waals surface area contributed by atoms with Gasteiger partial charge in [-0.1, -0.05) is 35.0 Å². The van der Waals surface area contributed by atoms with Crippen LogP contribution in [-0.4, -0.2) is 19.7 Å². The Kier molecular flexibility index (Phi) is 4.49. The molecule has 0 spiro atoms. The van der Waals surface area contributed by atoms with E-state index in [2.05, 4.69) is 4.98 Å². The van der Waals surface area contributed by atoms with Crippen molar-refractivity contribution in [2.75, 3.05) is 12.0 Å². The van der Waals surface area contributed by atoms with Crippen LogP contribution in [0.4, 0.5) is 5.82 Å². The zero-order valence-electron chi connectivity index (χ0n) is 10.3. The molecule has 0 aliphatic rings. The number of benzene rings is 1. The molecule has 0 saturated heterocycles. The highest BCUT2D eigenvalue weighted by atomic mass is 35.5. The Morgan fingerprint density at radius 3 is 2.30 bits per heavy atom. The number of hydrogen-bond donors (Lipinski definition) is 1. The molecule has 0 radical (unpaired) electrons. The van der Waals surface area contributed by atoms with Gasteiger partial charge in [-0.05, 0) is 30.3 Å². The lowest BCUT2D eigenvalue weighted by Gasteiger charge is -2.06. The van der Waals surface area contributed by atoms with Gasteiger partial charge >= 0.3 is 0 Å². The molecule has 0 amide bonds. The first-order valence-electron chi connectivity index (χ1n) is 5.37. The molecule has 0 aliphatic heterocycles. The number of halogens is 2. The van der Waals surface area contributed by atoms with Crippen molar-refractivity contribution < 1.29 is 8.42 Å². The van der Waals surface area contributed by atoms with Crippen molar-refractivity contribution in [1.82, 2.24) is 4.98 Å². The maximum Gasteiger partial charge on any atom is 0.175 e. The molecule has 0 fully saturated rings. The van der Waals surface area contributed by atoms with Gasteiger partial charge in [-0.2, -0.15) is 0 Å². The molecule has 0 aliphatic carbocycles. The molecule has 2 aromatic rings. The Morgan fingerprint density at radius 1 is 1.15 bits per heavy atom. The molecule has 1 heterocycles. The van der Waals surface area contributed by atoms with E-state index in [1.165, 1.54) is 30.0 Å². The van der Waals surface area contributed by atoms with Crippen molar-refractivity contribution in [3.8, 4) is 0 Å². The van der Waals surface area contributed by atoms with E-state index in [1.807, 2.05) is 0 Å². The average molecular weight is 349 g/mol. The SMILES string of the molecule is CS(=O)(=O)c1ccc(Sc2nc(N)c(Cl)cc2Cl)cc1. The summed E-state index contributed by atoms with van der Waals surface area (Å²) in [5, 5.41) is 1.20. The van der Waals surface area contributed by atoms with Crippen LogP contribution < -0.4 is 5.73 Å². The number of nitrogen functional groups attached to an aromatic ring is 1. The fourth-order valence-corrected chi connectivity index (χ4v) is 3.30. The molecule has 1 aromatic heterocycles. The minimum atomic E-state index is -3.20. The van der Waals surface area contributed by atoms with Crippen LogP contribution in [0.2, 0.25) is 10.0 Å². The van der Waals surface area contributed by atoms with E-state index in [0.29, 0.717) is 15.1 Å². The summed E-state index contributed by atoms with van der Waals surface area (Å²) >= 11 is 13.1. The lowest BCUT2D eigenvalue weighted by atomic mass is 10.4. The number of rotatable bonds is 3. The summed E-state index contributed by atoms with van der Waals surface area (Å²) in [6.07, 6.45) is 1.16. The van der Waals surface area contributed by atoms with Gasteiger partial charge in [-0.3, -0.25) is 0 Å². The van der Waals surface area contributed by atoms with E-state index in [0.717, 1.165) is 11.2 Å². The summed E-state index contributed by atoms with van der Waals surface area (Å²) < 4.78 is 22.7. The first-order valence-corrected chi connectivity index (χ1v) is 8.83. The lowest BCUT2D eigenvalue weighted by molar-refractivity contribution is 0.602. The van der Waals surface area contributed by atoms with Crippen LogP contribution in [0.3, 0.4) is 0 Å². The number of hydrogen-bond acceptors (Lipinski definition) is 5. The molecular formula is C12H10Cl2N2O2S2. The van der Waals surface area contributed by atoms with Gasteiger partial charge in [0.1, 0.15) is 10.8 Å². The second kappa shape index (κ2) is 5.81. The monoisotopic (exact) mass is 348 g/mol. The molecule has 106 valence electrons. The topological polar surface area (TPSA) is 73.0 Å². The summed E-state index contributed by atoms with van der Waals surface area (Å²) in [5.41, 5.74) is 5.63. The molecule has 0 bridgehead atoms. The van der Waals surface area contributed by atoms with Crippen LogP contribution in [0, 0.1) is 0 Å². The quantitative estimate of drug-likeness (QED) is 0.918. The molecule has 8 heteroatoms. The highest BCUT2D eigenvalue weighted by Gasteiger charge is 2.10. The predicted molar refractivity (Wildman–Crippen MR) is 82.3 cm³/mol. The third kappa shape index (κ3) is 3.58. The fraction of sp³-hybridized carbons (Fsp3) is 0.0833. The van der Waals surface area contributed by atoms with E-state index in [9.17, 15) is 8.42 Å². The van der Waals surface area contributed by atoms with E-state index >= 15 is 0 Å². The van der Waals surface area contributed by atoms with Gasteiger partial charge in [-0.25, -0.2) is 13.4 Å². The summed E-state index contributed by atoms with van der Waals surface area (Å²) in [4.78, 5) is 5.16. The Hall–Kier alpha value is -0.950. The van der Waals surface area contributed by atoms with Gasteiger partial charge in [0.05, 0.1) is 14.9 Å². The Bertz CT molecular complexity index is 747. The first kappa shape index (κ1) is 15.4. The zero-order chi connectivity index (χ0) is 14.9. The molecule has 2 rings (SSSR count). The zero-order valence-corrected chi connectivity index (χ0v) is 13.4. The molecule has 0 atom stereocenters. The average Bonchev–Trinajstić information content (AvgIpc) is 2.35. The molecule has 0 saturated carbocycles. The summed E-state index contributed by atoms with van der Waals surface area (Å²) in [5.74, 6) is 0.200. The van der Waals surface area contributed by atoms with E-state index in [4.69, 9.17) is 28.9 Å². The van der Waals surface area contributed by atoms with Crippen LogP contribution in [0.25, 0.3) is 0 Å². The third-order valence-corrected chi connectivity index (χ3v) is 5.23. The minimum absolute atomic E-state index is 0.200. The first-order chi connectivity index (χ1) is 9.27. The predicted octanol–water partition coefficient (Wildman–Crippen LogP) is 3.53. The molecule has 0 unspecified atom stereocenters. The van der Waals surface area contributed by atoms with Crippen molar-refractivity contribution in [3.05, 3.63) is 40.4 Å². The summed E-state index contributed by atoms with van der Waals surface area (Å²) in [6.45, 7) is 0. The van der Waals surface area contributed by atoms with Crippen LogP contribution in [0.15, 0.2) is 45.1 Å². The number of anilines is 1. The Morgan fingerprint density at radius 2 is 1.75 bits per heavy atom. The van der Waals surface area contributed by atoms with Gasteiger partial charge in [0.2, 0.25) is 0 Å². The van der Waals surface area contributed by atoms with Crippen LogP contribution in [0.1, 0.15) is 0 Å². The summed E-state index contributed by atoms with van der Waals surface area (Å²) in [7, 11) is -3.20. The third-order valence-electron chi connectivity index (χ3n) is 2.39. The minimum Gasteiger partial charge on any atom is -0.382 e. The number of sulfone groups is 1. The van der Waals surface area contributed by atoms with Gasteiger partial charge in [-0.15, -0.1) is 0 Å². The number of aromatic nitrogens is 1. The molecule has 2 N–H and O–H groups in total. The van der Waals surface area contributed by atoms with Gasteiger partial charge < -0.3 is 5.73 Å². The highest BCUT2D eigenvalue weighted by molar-refractivity contribution is 7.99. The Balaban J connectivity index is 2.29. The van der Waals surface area contributed by atoms with E-state index < -0.39 is 9.84 Å². The lowest BCUT2D eigenvalue weighted by Crippen LogP contribution is -1.96. The van der Waals surface area contributed by atoms with E-state index in [1.54, 1.807) is 12.1 Å². The van der Waals surface area contributed by atoms with Gasteiger partial charge in [0, 0.05) is 11.2 Å². The summed E-state index contributed by atoms with van der Waals surface area (Å²) in [6, 6.07) is 7.96. The Labute approximate surface area is 131 Å². The molecule has 20 heavy (non-hydrogen) atoms. The fourth-order valence-electron chi connectivity index (χ4n) is 1.40. The normalized spacial score (nSPS) is 11.6. The van der Waals surface area contributed by atoms with Crippen LogP contribution in [0.5, 0.6) is 0 Å². The number of nitrogens with two attached hydrogens (primary N) is 1. The van der Waals surface area contributed by atoms with Crippen LogP contribution in [-0.2, 0) is 9.84 Å². The van der Waals surface area contributed by atoms with Crippen molar-refractivity contribution in [2.45, 2.75) is 14.8 Å². The van der Waals surface area contributed by atoms with E-state index in [-0.39, 0.29) is 10.7 Å². The van der Waals surface area contributed by atoms with Crippen molar-refractivity contribution >= 4 is 50.6 Å². The van der Waals surface area contributed by atoms with Gasteiger partial charge in [0.15, 0.2) is 9.84 Å². The van der Waals surface area contributed by atoms with Gasteiger partial charge in [0.25, 0.3) is 0 Å². The maximum atomic E-state index is 11.4. The molecule has 1 aromatic carbocycles. The molecule has 4 nitrogen and oxygen atoms in total. The maximum absolute atomic E-state index is 11.4. The number of nitrogens with zero attached hydrogens (tertiary/aromatic N) is 1. The van der Waals surface area contributed by atoms with Crippen molar-refractivity contribution in [3.63, 3.8) is 0 Å². The second-order valence-electron chi connectivity index (χ2n) is 3.99. The van der Waals surface area contributed by atoms with Crippen molar-refractivity contribution in [2.24, 2.45) is 0 Å². The van der Waals surface area contributed by atoms with Crippen LogP contribution >= 0.6 is 35.0 Å².